The molecule has 0 aliphatic carbocycles. The van der Waals surface area contributed by atoms with Crippen LogP contribution in [-0.2, 0) is 6.18 Å². The second-order valence-electron chi connectivity index (χ2n) is 2.58. The van der Waals surface area contributed by atoms with E-state index < -0.39 is 23.5 Å². The predicted octanol–water partition coefficient (Wildman–Crippen LogP) is 3.24. The minimum absolute atomic E-state index is 0.637. The number of nitriles is 1. The topological polar surface area (TPSA) is 23.8 Å². The second-order valence-corrected chi connectivity index (χ2v) is 2.58. The third-order valence-electron chi connectivity index (χ3n) is 1.65. The number of benzene rings is 1. The van der Waals surface area contributed by atoms with Gasteiger partial charge < -0.3 is 0 Å². The smallest absolute Gasteiger partial charge is 0.226 e. The molecule has 5 heteroatoms. The molecule has 1 atom stereocenters. The summed E-state index contributed by atoms with van der Waals surface area (Å²) < 4.78 is 49.6. The van der Waals surface area contributed by atoms with Crippen molar-refractivity contribution in [3.05, 3.63) is 35.4 Å². The Labute approximate surface area is 77.6 Å². The van der Waals surface area contributed by atoms with Gasteiger partial charge in [0.2, 0.25) is 6.17 Å². The lowest BCUT2D eigenvalue weighted by Gasteiger charge is -2.11. The first-order chi connectivity index (χ1) is 6.46. The zero-order valence-electron chi connectivity index (χ0n) is 6.85. The molecule has 0 radical (unpaired) electrons. The summed E-state index contributed by atoms with van der Waals surface area (Å²) in [6.45, 7) is 0. The maximum atomic E-state index is 12.8. The number of hydrogen-bond donors (Lipinski definition) is 0. The van der Waals surface area contributed by atoms with E-state index in [4.69, 9.17) is 5.26 Å². The van der Waals surface area contributed by atoms with Crippen molar-refractivity contribution in [2.24, 2.45) is 0 Å². The Kier molecular flexibility index (Phi) is 2.75. The van der Waals surface area contributed by atoms with Crippen molar-refractivity contribution in [1.82, 2.24) is 0 Å². The highest BCUT2D eigenvalue weighted by Gasteiger charge is 2.34. The molecule has 0 saturated heterocycles. The molecular formula is C9H5F4N. The first-order valence-corrected chi connectivity index (χ1v) is 3.66. The van der Waals surface area contributed by atoms with E-state index in [9.17, 15) is 17.6 Å². The van der Waals surface area contributed by atoms with Crippen molar-refractivity contribution in [3.63, 3.8) is 0 Å². The molecule has 74 valence electrons. The lowest BCUT2D eigenvalue weighted by Crippen LogP contribution is -2.09. The van der Waals surface area contributed by atoms with E-state index in [1.54, 1.807) is 0 Å². The first-order valence-electron chi connectivity index (χ1n) is 3.66. The zero-order valence-corrected chi connectivity index (χ0v) is 6.85. The van der Waals surface area contributed by atoms with Gasteiger partial charge in [0, 0.05) is 5.56 Å². The molecule has 1 nitrogen and oxygen atoms in total. The summed E-state index contributed by atoms with van der Waals surface area (Å²) in [6.07, 6.45) is -6.87. The Balaban J connectivity index is 3.25. The average Bonchev–Trinajstić information content (AvgIpc) is 2.15. The van der Waals surface area contributed by atoms with Gasteiger partial charge >= 0.3 is 6.18 Å². The summed E-state index contributed by atoms with van der Waals surface area (Å²) in [5.41, 5.74) is -1.74. The van der Waals surface area contributed by atoms with Gasteiger partial charge in [-0.25, -0.2) is 4.39 Å². The molecule has 14 heavy (non-hydrogen) atoms. The van der Waals surface area contributed by atoms with E-state index in [2.05, 4.69) is 0 Å². The number of alkyl halides is 4. The Hall–Kier alpha value is -1.57. The molecule has 1 aromatic rings. The molecule has 0 saturated carbocycles. The van der Waals surface area contributed by atoms with Gasteiger partial charge in [0.05, 0.1) is 5.56 Å². The lowest BCUT2D eigenvalue weighted by molar-refractivity contribution is -0.138. The van der Waals surface area contributed by atoms with Gasteiger partial charge in [0.1, 0.15) is 6.07 Å². The second kappa shape index (κ2) is 3.66. The van der Waals surface area contributed by atoms with Crippen LogP contribution in [0.2, 0.25) is 0 Å². The van der Waals surface area contributed by atoms with E-state index in [-0.39, 0.29) is 0 Å². The van der Waals surface area contributed by atoms with Crippen LogP contribution in [0, 0.1) is 11.3 Å². The molecule has 0 heterocycles. The molecule has 0 aromatic heterocycles. The van der Waals surface area contributed by atoms with Gasteiger partial charge in [-0.1, -0.05) is 18.2 Å². The van der Waals surface area contributed by atoms with Crippen LogP contribution in [0.15, 0.2) is 24.3 Å². The highest BCUT2D eigenvalue weighted by molar-refractivity contribution is 5.33. The molecule has 0 fully saturated rings. The predicted molar refractivity (Wildman–Crippen MR) is 40.9 cm³/mol. The molecular weight excluding hydrogens is 198 g/mol. The summed E-state index contributed by atoms with van der Waals surface area (Å²) in [7, 11) is 0. The summed E-state index contributed by atoms with van der Waals surface area (Å²) in [5.74, 6) is 0. The van der Waals surface area contributed by atoms with Gasteiger partial charge in [-0.3, -0.25) is 0 Å². The molecule has 0 aliphatic rings. The van der Waals surface area contributed by atoms with Crippen LogP contribution >= 0.6 is 0 Å². The van der Waals surface area contributed by atoms with Crippen LogP contribution < -0.4 is 0 Å². The van der Waals surface area contributed by atoms with Gasteiger partial charge in [-0.2, -0.15) is 18.4 Å². The molecule has 1 aromatic carbocycles. The maximum absolute atomic E-state index is 12.8. The fourth-order valence-electron chi connectivity index (χ4n) is 1.05. The van der Waals surface area contributed by atoms with Crippen molar-refractivity contribution in [2.45, 2.75) is 12.3 Å². The third-order valence-corrected chi connectivity index (χ3v) is 1.65. The van der Waals surface area contributed by atoms with Crippen LogP contribution in [0.1, 0.15) is 17.3 Å². The monoisotopic (exact) mass is 203 g/mol. The fraction of sp³-hybridized carbons (Fsp3) is 0.222. The quantitative estimate of drug-likeness (QED) is 0.642. The Morgan fingerprint density at radius 1 is 1.21 bits per heavy atom. The van der Waals surface area contributed by atoms with Gasteiger partial charge in [0.15, 0.2) is 0 Å². The number of rotatable bonds is 1. The number of halogens is 4. The largest absolute Gasteiger partial charge is 0.416 e. The summed E-state index contributed by atoms with van der Waals surface area (Å²) in [4.78, 5) is 0. The third kappa shape index (κ3) is 2.02. The SMILES string of the molecule is N#CC(F)c1ccccc1C(F)(F)F. The Morgan fingerprint density at radius 3 is 2.29 bits per heavy atom. The van der Waals surface area contributed by atoms with Crippen LogP contribution in [0.4, 0.5) is 17.6 Å². The highest BCUT2D eigenvalue weighted by atomic mass is 19.4. The van der Waals surface area contributed by atoms with Gasteiger partial charge in [0.25, 0.3) is 0 Å². The minimum Gasteiger partial charge on any atom is -0.226 e. The molecule has 0 bridgehead atoms. The first kappa shape index (κ1) is 10.5. The van der Waals surface area contributed by atoms with Crippen LogP contribution in [0.25, 0.3) is 0 Å². The normalized spacial score (nSPS) is 13.4. The Bertz CT molecular complexity index is 364. The summed E-state index contributed by atoms with van der Waals surface area (Å²) >= 11 is 0. The van der Waals surface area contributed by atoms with E-state index >= 15 is 0 Å². The molecule has 0 aliphatic heterocycles. The van der Waals surface area contributed by atoms with Gasteiger partial charge in [-0.05, 0) is 6.07 Å². The van der Waals surface area contributed by atoms with E-state index in [1.165, 1.54) is 6.07 Å². The van der Waals surface area contributed by atoms with Crippen molar-refractivity contribution < 1.29 is 17.6 Å². The lowest BCUT2D eigenvalue weighted by atomic mass is 10.0. The van der Waals surface area contributed by atoms with Crippen molar-refractivity contribution in [1.29, 1.82) is 5.26 Å². The summed E-state index contributed by atoms with van der Waals surface area (Å²) in [6, 6.07) is 5.24. The zero-order chi connectivity index (χ0) is 10.8. The van der Waals surface area contributed by atoms with Crippen LogP contribution in [0.3, 0.4) is 0 Å². The van der Waals surface area contributed by atoms with Crippen molar-refractivity contribution >= 4 is 0 Å². The average molecular weight is 203 g/mol. The van der Waals surface area contributed by atoms with Crippen LogP contribution in [-0.4, -0.2) is 0 Å². The number of hydrogen-bond acceptors (Lipinski definition) is 1. The molecule has 0 N–H and O–H groups in total. The number of nitrogens with zero attached hydrogens (tertiary/aromatic N) is 1. The van der Waals surface area contributed by atoms with E-state index in [0.29, 0.717) is 0 Å². The van der Waals surface area contributed by atoms with E-state index in [1.807, 2.05) is 0 Å². The maximum Gasteiger partial charge on any atom is 0.416 e. The molecule has 0 spiro atoms. The molecule has 1 unspecified atom stereocenters. The Morgan fingerprint density at radius 2 is 1.79 bits per heavy atom. The standard InChI is InChI=1S/C9H5F4N/c10-8(5-14)6-3-1-2-4-7(6)9(11,12)13/h1-4,8H. The highest BCUT2D eigenvalue weighted by Crippen LogP contribution is 2.35. The van der Waals surface area contributed by atoms with Crippen molar-refractivity contribution in [3.8, 4) is 6.07 Å². The van der Waals surface area contributed by atoms with E-state index in [0.717, 1.165) is 24.3 Å². The summed E-state index contributed by atoms with van der Waals surface area (Å²) in [5, 5.41) is 8.19. The van der Waals surface area contributed by atoms with Gasteiger partial charge in [-0.15, -0.1) is 0 Å². The van der Waals surface area contributed by atoms with Crippen molar-refractivity contribution in [2.75, 3.05) is 0 Å². The fourth-order valence-corrected chi connectivity index (χ4v) is 1.05. The molecule has 1 rings (SSSR count). The minimum atomic E-state index is -4.63. The van der Waals surface area contributed by atoms with Crippen LogP contribution in [0.5, 0.6) is 0 Å². The molecule has 0 amide bonds.